The predicted molar refractivity (Wildman–Crippen MR) is 86.1 cm³/mol. The van der Waals surface area contributed by atoms with Gasteiger partial charge in [0.1, 0.15) is 5.75 Å². The number of ether oxygens (including phenoxy) is 1. The van der Waals surface area contributed by atoms with Gasteiger partial charge in [-0.3, -0.25) is 10.1 Å². The van der Waals surface area contributed by atoms with Crippen LogP contribution in [-0.4, -0.2) is 12.0 Å². The molecule has 0 bridgehead atoms. The van der Waals surface area contributed by atoms with Crippen molar-refractivity contribution in [3.63, 3.8) is 0 Å². The van der Waals surface area contributed by atoms with Crippen molar-refractivity contribution < 1.29 is 9.66 Å². The number of rotatable bonds is 5. The summed E-state index contributed by atoms with van der Waals surface area (Å²) in [6, 6.07) is 12.7. The molecule has 0 aliphatic rings. The van der Waals surface area contributed by atoms with Gasteiger partial charge >= 0.3 is 0 Å². The fourth-order valence-corrected chi connectivity index (χ4v) is 2.31. The third-order valence-electron chi connectivity index (χ3n) is 2.72. The summed E-state index contributed by atoms with van der Waals surface area (Å²) in [5.74, 6) is 0.485. The van der Waals surface area contributed by atoms with E-state index in [0.717, 1.165) is 14.8 Å². The van der Waals surface area contributed by atoms with Gasteiger partial charge in [0.2, 0.25) is 0 Å². The number of nitrogens with zero attached hydrogens (tertiary/aromatic N) is 1. The lowest BCUT2D eigenvalue weighted by Gasteiger charge is -2.08. The van der Waals surface area contributed by atoms with Gasteiger partial charge in [0.05, 0.1) is 18.1 Å². The standard InChI is InChI=1S/C14H13IN2O3/c1-20-14-6-10(5-13(8-14)17(18)19)9-16-12-4-2-3-11(15)7-12/h2-8,16H,9H2,1H3. The number of hydrogen-bond donors (Lipinski definition) is 1. The topological polar surface area (TPSA) is 64.4 Å². The van der Waals surface area contributed by atoms with Gasteiger partial charge in [-0.1, -0.05) is 6.07 Å². The van der Waals surface area contributed by atoms with Crippen molar-refractivity contribution in [3.8, 4) is 5.75 Å². The van der Waals surface area contributed by atoms with Gasteiger partial charge in [-0.15, -0.1) is 0 Å². The van der Waals surface area contributed by atoms with Crippen molar-refractivity contribution in [2.45, 2.75) is 6.54 Å². The summed E-state index contributed by atoms with van der Waals surface area (Å²) in [7, 11) is 1.50. The fourth-order valence-electron chi connectivity index (χ4n) is 1.77. The molecule has 0 aliphatic carbocycles. The first-order valence-electron chi connectivity index (χ1n) is 5.90. The van der Waals surface area contributed by atoms with Gasteiger partial charge in [0, 0.05) is 21.9 Å². The van der Waals surface area contributed by atoms with Crippen LogP contribution in [0, 0.1) is 13.7 Å². The highest BCUT2D eigenvalue weighted by molar-refractivity contribution is 14.1. The summed E-state index contributed by atoms with van der Waals surface area (Å²) >= 11 is 2.24. The number of benzene rings is 2. The van der Waals surface area contributed by atoms with Gasteiger partial charge in [-0.05, 0) is 52.4 Å². The van der Waals surface area contributed by atoms with Crippen LogP contribution in [0.1, 0.15) is 5.56 Å². The van der Waals surface area contributed by atoms with E-state index >= 15 is 0 Å². The van der Waals surface area contributed by atoms with E-state index in [9.17, 15) is 10.1 Å². The third-order valence-corrected chi connectivity index (χ3v) is 3.39. The molecule has 0 spiro atoms. The molecular weight excluding hydrogens is 371 g/mol. The zero-order chi connectivity index (χ0) is 14.5. The summed E-state index contributed by atoms with van der Waals surface area (Å²) in [4.78, 5) is 10.4. The zero-order valence-corrected chi connectivity index (χ0v) is 13.0. The van der Waals surface area contributed by atoms with Crippen LogP contribution in [0.3, 0.4) is 0 Å². The van der Waals surface area contributed by atoms with Crippen molar-refractivity contribution in [2.24, 2.45) is 0 Å². The van der Waals surface area contributed by atoms with E-state index in [1.54, 1.807) is 12.1 Å². The Morgan fingerprint density at radius 1 is 1.30 bits per heavy atom. The Balaban J connectivity index is 2.16. The average molecular weight is 384 g/mol. The molecule has 2 aromatic carbocycles. The lowest BCUT2D eigenvalue weighted by atomic mass is 10.2. The molecule has 2 aromatic rings. The number of anilines is 1. The first-order chi connectivity index (χ1) is 9.58. The van der Waals surface area contributed by atoms with Gasteiger partial charge < -0.3 is 10.1 Å². The SMILES string of the molecule is COc1cc(CNc2cccc(I)c2)cc([N+](=O)[O-])c1. The summed E-state index contributed by atoms with van der Waals surface area (Å²) in [6.45, 7) is 0.498. The maximum absolute atomic E-state index is 10.9. The highest BCUT2D eigenvalue weighted by Crippen LogP contribution is 2.23. The van der Waals surface area contributed by atoms with Crippen molar-refractivity contribution in [1.29, 1.82) is 0 Å². The van der Waals surface area contributed by atoms with Gasteiger partial charge in [0.15, 0.2) is 0 Å². The van der Waals surface area contributed by atoms with E-state index in [1.165, 1.54) is 13.2 Å². The van der Waals surface area contributed by atoms with Crippen LogP contribution in [0.15, 0.2) is 42.5 Å². The average Bonchev–Trinajstić information content (AvgIpc) is 2.45. The lowest BCUT2D eigenvalue weighted by molar-refractivity contribution is -0.385. The number of halogens is 1. The predicted octanol–water partition coefficient (Wildman–Crippen LogP) is 3.82. The van der Waals surface area contributed by atoms with Crippen molar-refractivity contribution in [3.05, 3.63) is 61.7 Å². The molecule has 0 aromatic heterocycles. The largest absolute Gasteiger partial charge is 0.496 e. The number of non-ortho nitro benzene ring substituents is 1. The molecule has 104 valence electrons. The Hall–Kier alpha value is -1.83. The van der Waals surface area contributed by atoms with E-state index in [2.05, 4.69) is 27.9 Å². The molecule has 0 heterocycles. The van der Waals surface area contributed by atoms with Crippen LogP contribution >= 0.6 is 22.6 Å². The van der Waals surface area contributed by atoms with E-state index < -0.39 is 4.92 Å². The Morgan fingerprint density at radius 3 is 2.75 bits per heavy atom. The molecule has 5 nitrogen and oxygen atoms in total. The number of methoxy groups -OCH3 is 1. The second kappa shape index (κ2) is 6.56. The second-order valence-corrected chi connectivity index (χ2v) is 5.41. The first kappa shape index (κ1) is 14.6. The van der Waals surface area contributed by atoms with Crippen LogP contribution in [0.2, 0.25) is 0 Å². The Bertz CT molecular complexity index is 632. The van der Waals surface area contributed by atoms with Crippen LogP contribution in [0.5, 0.6) is 5.75 Å². The van der Waals surface area contributed by atoms with Crippen molar-refractivity contribution in [1.82, 2.24) is 0 Å². The highest BCUT2D eigenvalue weighted by atomic mass is 127. The summed E-state index contributed by atoms with van der Waals surface area (Å²) < 4.78 is 6.21. The number of nitrogens with one attached hydrogen (secondary N) is 1. The number of nitro groups is 1. The van der Waals surface area contributed by atoms with Crippen LogP contribution in [0.4, 0.5) is 11.4 Å². The quantitative estimate of drug-likeness (QED) is 0.484. The van der Waals surface area contributed by atoms with Crippen molar-refractivity contribution >= 4 is 34.0 Å². The highest BCUT2D eigenvalue weighted by Gasteiger charge is 2.10. The molecule has 1 N–H and O–H groups in total. The molecule has 6 heteroatoms. The van der Waals surface area contributed by atoms with Crippen molar-refractivity contribution in [2.75, 3.05) is 12.4 Å². The van der Waals surface area contributed by atoms with E-state index in [0.29, 0.717) is 12.3 Å². The van der Waals surface area contributed by atoms with Gasteiger partial charge in [-0.25, -0.2) is 0 Å². The molecule has 0 aliphatic heterocycles. The maximum atomic E-state index is 10.9. The van der Waals surface area contributed by atoms with Crippen LogP contribution in [0.25, 0.3) is 0 Å². The minimum atomic E-state index is -0.419. The summed E-state index contributed by atoms with van der Waals surface area (Å²) in [6.07, 6.45) is 0. The number of hydrogen-bond acceptors (Lipinski definition) is 4. The monoisotopic (exact) mass is 384 g/mol. The van der Waals surface area contributed by atoms with Gasteiger partial charge in [-0.2, -0.15) is 0 Å². The van der Waals surface area contributed by atoms with Crippen LogP contribution < -0.4 is 10.1 Å². The Kier molecular flexibility index (Phi) is 4.78. The maximum Gasteiger partial charge on any atom is 0.273 e. The smallest absolute Gasteiger partial charge is 0.273 e. The summed E-state index contributed by atoms with van der Waals surface area (Å²) in [5.41, 5.74) is 1.81. The zero-order valence-electron chi connectivity index (χ0n) is 10.8. The first-order valence-corrected chi connectivity index (χ1v) is 6.98. The molecule has 0 amide bonds. The van der Waals surface area contributed by atoms with E-state index in [1.807, 2.05) is 24.3 Å². The lowest BCUT2D eigenvalue weighted by Crippen LogP contribution is -2.01. The van der Waals surface area contributed by atoms with E-state index in [4.69, 9.17) is 4.74 Å². The Labute approximate surface area is 130 Å². The van der Waals surface area contributed by atoms with Crippen LogP contribution in [-0.2, 0) is 6.54 Å². The minimum Gasteiger partial charge on any atom is -0.496 e. The molecule has 0 unspecified atom stereocenters. The molecule has 0 atom stereocenters. The van der Waals surface area contributed by atoms with E-state index in [-0.39, 0.29) is 5.69 Å². The Morgan fingerprint density at radius 2 is 2.10 bits per heavy atom. The second-order valence-electron chi connectivity index (χ2n) is 4.16. The number of nitro benzene ring substituents is 1. The molecular formula is C14H13IN2O3. The molecule has 2 rings (SSSR count). The fraction of sp³-hybridized carbons (Fsp3) is 0.143. The molecule has 0 fully saturated rings. The normalized spacial score (nSPS) is 10.1. The minimum absolute atomic E-state index is 0.0313. The molecule has 0 saturated heterocycles. The van der Waals surface area contributed by atoms with Gasteiger partial charge in [0.25, 0.3) is 5.69 Å². The summed E-state index contributed by atoms with van der Waals surface area (Å²) in [5, 5.41) is 14.1. The molecule has 20 heavy (non-hydrogen) atoms. The molecule has 0 saturated carbocycles. The third kappa shape index (κ3) is 3.83. The molecule has 0 radical (unpaired) electrons.